The fourth-order valence-corrected chi connectivity index (χ4v) is 7.82. The van der Waals surface area contributed by atoms with Gasteiger partial charge in [-0.25, -0.2) is 19.9 Å². The molecule has 5 heteroatoms. The van der Waals surface area contributed by atoms with E-state index in [2.05, 4.69) is 132 Å². The molecule has 0 aliphatic carbocycles. The van der Waals surface area contributed by atoms with Gasteiger partial charge in [-0.3, -0.25) is 4.98 Å². The van der Waals surface area contributed by atoms with Crippen LogP contribution in [0.4, 0.5) is 0 Å². The summed E-state index contributed by atoms with van der Waals surface area (Å²) in [5, 5.41) is 9.68. The van der Waals surface area contributed by atoms with Gasteiger partial charge in [0.15, 0.2) is 5.82 Å². The molecule has 0 aliphatic heterocycles. The second-order valence-electron chi connectivity index (χ2n) is 13.7. The second kappa shape index (κ2) is 12.1. The van der Waals surface area contributed by atoms with E-state index in [4.69, 9.17) is 19.9 Å². The highest BCUT2D eigenvalue weighted by molar-refractivity contribution is 6.25. The van der Waals surface area contributed by atoms with Crippen molar-refractivity contribution in [2.75, 3.05) is 0 Å². The SMILES string of the molecule is c1ccc(-c2cc(-c3cccnc3)nc(-c3ccc(-c4ccc5ccc6ccc(-c7ccc8ccc9cccc%10ccc7c8c9%10)nc6c5n4)cc3)n2)cc1. The van der Waals surface area contributed by atoms with Crippen LogP contribution in [-0.4, -0.2) is 24.9 Å². The van der Waals surface area contributed by atoms with Gasteiger partial charge >= 0.3 is 0 Å². The molecule has 4 heterocycles. The van der Waals surface area contributed by atoms with Gasteiger partial charge in [-0.15, -0.1) is 0 Å². The summed E-state index contributed by atoms with van der Waals surface area (Å²) in [7, 11) is 0. The van der Waals surface area contributed by atoms with Crippen molar-refractivity contribution in [1.82, 2.24) is 24.9 Å². The topological polar surface area (TPSA) is 64.5 Å². The summed E-state index contributed by atoms with van der Waals surface area (Å²) in [6, 6.07) is 57.2. The number of nitrogens with zero attached hydrogens (tertiary/aromatic N) is 5. The first-order chi connectivity index (χ1) is 26.7. The molecular formula is C49H29N5. The molecule has 0 spiro atoms. The zero-order valence-electron chi connectivity index (χ0n) is 29.0. The Hall–Kier alpha value is -7.37. The van der Waals surface area contributed by atoms with Crippen molar-refractivity contribution in [3.63, 3.8) is 0 Å². The van der Waals surface area contributed by atoms with Crippen LogP contribution in [0, 0.1) is 0 Å². The van der Waals surface area contributed by atoms with E-state index in [0.717, 1.165) is 72.4 Å². The quantitative estimate of drug-likeness (QED) is 0.169. The highest BCUT2D eigenvalue weighted by Crippen LogP contribution is 2.39. The maximum absolute atomic E-state index is 5.33. The Bertz CT molecular complexity index is 3120. The van der Waals surface area contributed by atoms with E-state index in [0.29, 0.717) is 5.82 Å². The molecule has 0 bridgehead atoms. The molecule has 11 aromatic rings. The van der Waals surface area contributed by atoms with Gasteiger partial charge in [0.1, 0.15) is 0 Å². The van der Waals surface area contributed by atoms with Crippen molar-refractivity contribution in [3.8, 4) is 56.4 Å². The smallest absolute Gasteiger partial charge is 0.160 e. The van der Waals surface area contributed by atoms with Crippen LogP contribution in [0.2, 0.25) is 0 Å². The lowest BCUT2D eigenvalue weighted by Gasteiger charge is -2.14. The van der Waals surface area contributed by atoms with E-state index in [9.17, 15) is 0 Å². The van der Waals surface area contributed by atoms with Crippen molar-refractivity contribution >= 4 is 54.1 Å². The Morgan fingerprint density at radius 3 is 1.65 bits per heavy atom. The third kappa shape index (κ3) is 4.98. The van der Waals surface area contributed by atoms with Crippen molar-refractivity contribution < 1.29 is 0 Å². The van der Waals surface area contributed by atoms with E-state index < -0.39 is 0 Å². The van der Waals surface area contributed by atoms with E-state index >= 15 is 0 Å². The molecule has 0 unspecified atom stereocenters. The minimum absolute atomic E-state index is 0.655. The number of fused-ring (bicyclic) bond motifs is 3. The molecule has 0 aliphatic rings. The largest absolute Gasteiger partial charge is 0.264 e. The van der Waals surface area contributed by atoms with Crippen molar-refractivity contribution in [3.05, 3.63) is 176 Å². The Labute approximate surface area is 310 Å². The average molecular weight is 688 g/mol. The summed E-state index contributed by atoms with van der Waals surface area (Å²) >= 11 is 0. The molecular weight excluding hydrogens is 659 g/mol. The number of aromatic nitrogens is 5. The lowest BCUT2D eigenvalue weighted by atomic mass is 9.91. The number of pyridine rings is 3. The number of rotatable bonds is 5. The van der Waals surface area contributed by atoms with Gasteiger partial charge in [0.05, 0.1) is 33.8 Å². The number of hydrogen-bond donors (Lipinski definition) is 0. The van der Waals surface area contributed by atoms with Crippen molar-refractivity contribution in [1.29, 1.82) is 0 Å². The maximum Gasteiger partial charge on any atom is 0.160 e. The summed E-state index contributed by atoms with van der Waals surface area (Å²) in [4.78, 5) is 24.9. The van der Waals surface area contributed by atoms with Gasteiger partial charge in [0, 0.05) is 51.0 Å². The predicted molar refractivity (Wildman–Crippen MR) is 221 cm³/mol. The molecule has 0 amide bonds. The first-order valence-corrected chi connectivity index (χ1v) is 18.1. The van der Waals surface area contributed by atoms with E-state index in [1.54, 1.807) is 6.20 Å². The molecule has 0 saturated heterocycles. The lowest BCUT2D eigenvalue weighted by molar-refractivity contribution is 1.18. The Kier molecular flexibility index (Phi) is 6.79. The highest BCUT2D eigenvalue weighted by atomic mass is 14.9. The van der Waals surface area contributed by atoms with Gasteiger partial charge in [0.2, 0.25) is 0 Å². The van der Waals surface area contributed by atoms with Crippen LogP contribution in [0.3, 0.4) is 0 Å². The molecule has 4 aromatic heterocycles. The lowest BCUT2D eigenvalue weighted by Crippen LogP contribution is -1.96. The molecule has 0 saturated carbocycles. The van der Waals surface area contributed by atoms with Crippen molar-refractivity contribution in [2.45, 2.75) is 0 Å². The minimum atomic E-state index is 0.655. The molecule has 0 fully saturated rings. The van der Waals surface area contributed by atoms with E-state index in [-0.39, 0.29) is 0 Å². The van der Waals surface area contributed by atoms with Crippen molar-refractivity contribution in [2.24, 2.45) is 0 Å². The Morgan fingerprint density at radius 2 is 0.907 bits per heavy atom. The molecule has 7 aromatic carbocycles. The van der Waals surface area contributed by atoms with Gasteiger partial charge in [-0.2, -0.15) is 0 Å². The summed E-state index contributed by atoms with van der Waals surface area (Å²) in [6.07, 6.45) is 3.61. The predicted octanol–water partition coefficient (Wildman–Crippen LogP) is 12.2. The van der Waals surface area contributed by atoms with Crippen LogP contribution in [0.5, 0.6) is 0 Å². The molecule has 11 rings (SSSR count). The molecule has 250 valence electrons. The summed E-state index contributed by atoms with van der Waals surface area (Å²) in [6.45, 7) is 0. The van der Waals surface area contributed by atoms with Crippen LogP contribution in [-0.2, 0) is 0 Å². The Balaban J connectivity index is 1.000. The number of hydrogen-bond acceptors (Lipinski definition) is 5. The fraction of sp³-hybridized carbons (Fsp3) is 0. The maximum atomic E-state index is 5.33. The molecule has 0 atom stereocenters. The number of benzene rings is 7. The zero-order chi connectivity index (χ0) is 35.6. The van der Waals surface area contributed by atoms with Crippen LogP contribution in [0.25, 0.3) is 111 Å². The zero-order valence-corrected chi connectivity index (χ0v) is 29.0. The first-order valence-electron chi connectivity index (χ1n) is 18.1. The second-order valence-corrected chi connectivity index (χ2v) is 13.7. The van der Waals surface area contributed by atoms with Crippen LogP contribution < -0.4 is 0 Å². The third-order valence-electron chi connectivity index (χ3n) is 10.5. The van der Waals surface area contributed by atoms with Gasteiger partial charge in [0.25, 0.3) is 0 Å². The average Bonchev–Trinajstić information content (AvgIpc) is 3.25. The van der Waals surface area contributed by atoms with E-state index in [1.807, 2.05) is 42.6 Å². The van der Waals surface area contributed by atoms with E-state index in [1.165, 1.54) is 32.3 Å². The fourth-order valence-electron chi connectivity index (χ4n) is 7.82. The van der Waals surface area contributed by atoms with Gasteiger partial charge < -0.3 is 0 Å². The molecule has 0 N–H and O–H groups in total. The van der Waals surface area contributed by atoms with Crippen LogP contribution in [0.1, 0.15) is 0 Å². The minimum Gasteiger partial charge on any atom is -0.264 e. The van der Waals surface area contributed by atoms with Gasteiger partial charge in [-0.05, 0) is 62.6 Å². The Morgan fingerprint density at radius 1 is 0.333 bits per heavy atom. The highest BCUT2D eigenvalue weighted by Gasteiger charge is 2.15. The molecule has 5 nitrogen and oxygen atoms in total. The normalized spacial score (nSPS) is 11.7. The van der Waals surface area contributed by atoms with Gasteiger partial charge in [-0.1, -0.05) is 133 Å². The standard InChI is InChI=1S/C49H29N5/c1-2-6-30(7-3-1)43-28-44(38-10-5-27-50-29-38)54-49(53-43)37-17-11-31(12-18-37)41-25-21-35-15-16-36-22-26-42(52-48(36)47(35)51-41)39-23-19-34-14-13-32-8-4-9-33-20-24-40(39)46(34)45(32)33/h1-29H. The third-order valence-corrected chi connectivity index (χ3v) is 10.5. The monoisotopic (exact) mass is 687 g/mol. The summed E-state index contributed by atoms with van der Waals surface area (Å²) in [5.41, 5.74) is 10.3. The first kappa shape index (κ1) is 30.3. The van der Waals surface area contributed by atoms with Crippen LogP contribution >= 0.6 is 0 Å². The molecule has 54 heavy (non-hydrogen) atoms. The molecule has 0 radical (unpaired) electrons. The summed E-state index contributed by atoms with van der Waals surface area (Å²) in [5.74, 6) is 0.655. The van der Waals surface area contributed by atoms with Crippen LogP contribution in [0.15, 0.2) is 176 Å². The summed E-state index contributed by atoms with van der Waals surface area (Å²) < 4.78 is 0.